The molecule has 2 aliphatic heterocycles. The number of piperidine rings is 1. The number of halogens is 1. The molecule has 0 spiro atoms. The summed E-state index contributed by atoms with van der Waals surface area (Å²) in [6.07, 6.45) is 4.85. The van der Waals surface area contributed by atoms with Gasteiger partial charge in [0.1, 0.15) is 0 Å². The molecule has 2 atom stereocenters. The zero-order chi connectivity index (χ0) is 16.1. The number of hydrogen-bond donors (Lipinski definition) is 1. The first-order chi connectivity index (χ1) is 11.2. The van der Waals surface area contributed by atoms with Crippen molar-refractivity contribution in [1.29, 1.82) is 0 Å². The van der Waals surface area contributed by atoms with Crippen molar-refractivity contribution in [2.75, 3.05) is 32.8 Å². The summed E-state index contributed by atoms with van der Waals surface area (Å²) >= 11 is 6.00. The molecule has 0 saturated carbocycles. The predicted molar refractivity (Wildman–Crippen MR) is 96.0 cm³/mol. The van der Waals surface area contributed by atoms with Crippen LogP contribution in [0.25, 0.3) is 0 Å². The van der Waals surface area contributed by atoms with Crippen LogP contribution in [0.2, 0.25) is 5.02 Å². The molecule has 128 valence electrons. The minimum absolute atomic E-state index is 0.437. The van der Waals surface area contributed by atoms with Gasteiger partial charge in [-0.2, -0.15) is 0 Å². The van der Waals surface area contributed by atoms with E-state index in [1.165, 1.54) is 44.5 Å². The van der Waals surface area contributed by atoms with Crippen LogP contribution in [0, 0.1) is 5.92 Å². The van der Waals surface area contributed by atoms with Gasteiger partial charge in [-0.25, -0.2) is 0 Å². The summed E-state index contributed by atoms with van der Waals surface area (Å²) in [6, 6.07) is 9.36. The van der Waals surface area contributed by atoms with Crippen molar-refractivity contribution in [3.8, 4) is 0 Å². The summed E-state index contributed by atoms with van der Waals surface area (Å²) in [6.45, 7) is 7.83. The third-order valence-corrected chi connectivity index (χ3v) is 5.50. The van der Waals surface area contributed by atoms with Crippen LogP contribution in [-0.2, 0) is 4.74 Å². The van der Waals surface area contributed by atoms with Crippen molar-refractivity contribution in [3.63, 3.8) is 0 Å². The highest BCUT2D eigenvalue weighted by atomic mass is 35.5. The summed E-state index contributed by atoms with van der Waals surface area (Å²) in [4.78, 5) is 2.63. The molecule has 0 aliphatic carbocycles. The van der Waals surface area contributed by atoms with E-state index in [2.05, 4.69) is 29.3 Å². The van der Waals surface area contributed by atoms with Crippen LogP contribution in [-0.4, -0.2) is 43.8 Å². The monoisotopic (exact) mass is 336 g/mol. The molecule has 2 saturated heterocycles. The van der Waals surface area contributed by atoms with E-state index in [4.69, 9.17) is 16.3 Å². The standard InChI is InChI=1S/C19H29ClN2O/c1-2-19(16-3-5-17(20)6-4-16)21-18-7-10-22(11-8-18)13-15-9-12-23-14-15/h3-6,15,18-19,21H,2,7-14H2,1H3. The molecule has 3 rings (SSSR count). The lowest BCUT2D eigenvalue weighted by Gasteiger charge is -2.35. The maximum Gasteiger partial charge on any atom is 0.0507 e. The fourth-order valence-electron chi connectivity index (χ4n) is 3.80. The van der Waals surface area contributed by atoms with Crippen molar-refractivity contribution >= 4 is 11.6 Å². The quantitative estimate of drug-likeness (QED) is 0.853. The lowest BCUT2D eigenvalue weighted by atomic mass is 9.98. The Morgan fingerprint density at radius 1 is 1.22 bits per heavy atom. The lowest BCUT2D eigenvalue weighted by Crippen LogP contribution is -2.45. The molecule has 4 heteroatoms. The zero-order valence-corrected chi connectivity index (χ0v) is 14.9. The molecular formula is C19H29ClN2O. The maximum absolute atomic E-state index is 6.00. The van der Waals surface area contributed by atoms with E-state index < -0.39 is 0 Å². The number of hydrogen-bond acceptors (Lipinski definition) is 3. The van der Waals surface area contributed by atoms with Gasteiger partial charge >= 0.3 is 0 Å². The Hall–Kier alpha value is -0.610. The Balaban J connectivity index is 1.46. The van der Waals surface area contributed by atoms with Gasteiger partial charge in [0.2, 0.25) is 0 Å². The van der Waals surface area contributed by atoms with E-state index in [0.29, 0.717) is 12.1 Å². The highest BCUT2D eigenvalue weighted by Gasteiger charge is 2.25. The molecular weight excluding hydrogens is 308 g/mol. The first-order valence-electron chi connectivity index (χ1n) is 9.06. The zero-order valence-electron chi connectivity index (χ0n) is 14.1. The van der Waals surface area contributed by atoms with Gasteiger partial charge < -0.3 is 15.0 Å². The second-order valence-corrected chi connectivity index (χ2v) is 7.42. The fraction of sp³-hybridized carbons (Fsp3) is 0.684. The number of rotatable bonds is 6. The molecule has 2 heterocycles. The predicted octanol–water partition coefficient (Wildman–Crippen LogP) is 3.88. The number of nitrogens with zero attached hydrogens (tertiary/aromatic N) is 1. The Morgan fingerprint density at radius 2 is 1.96 bits per heavy atom. The second-order valence-electron chi connectivity index (χ2n) is 6.98. The molecule has 0 bridgehead atoms. The molecule has 0 amide bonds. The number of likely N-dealkylation sites (tertiary alicyclic amines) is 1. The molecule has 1 N–H and O–H groups in total. The molecule has 1 aromatic carbocycles. The second kappa shape index (κ2) is 8.48. The average Bonchev–Trinajstić information content (AvgIpc) is 3.08. The van der Waals surface area contributed by atoms with Crippen LogP contribution in [0.1, 0.15) is 44.2 Å². The molecule has 2 aliphatic rings. The third kappa shape index (κ3) is 4.93. The molecule has 23 heavy (non-hydrogen) atoms. The van der Waals surface area contributed by atoms with E-state index in [9.17, 15) is 0 Å². The van der Waals surface area contributed by atoms with Gasteiger partial charge in [-0.15, -0.1) is 0 Å². The van der Waals surface area contributed by atoms with E-state index in [1.54, 1.807) is 0 Å². The van der Waals surface area contributed by atoms with Gasteiger partial charge in [0, 0.05) is 30.3 Å². The average molecular weight is 337 g/mol. The summed E-state index contributed by atoms with van der Waals surface area (Å²) < 4.78 is 5.50. The van der Waals surface area contributed by atoms with E-state index in [0.717, 1.165) is 30.6 Å². The van der Waals surface area contributed by atoms with Crippen molar-refractivity contribution in [3.05, 3.63) is 34.9 Å². The Kier molecular flexibility index (Phi) is 6.35. The van der Waals surface area contributed by atoms with Crippen LogP contribution in [0.5, 0.6) is 0 Å². The summed E-state index contributed by atoms with van der Waals surface area (Å²) in [5, 5.41) is 4.67. The normalized spacial score (nSPS) is 24.9. The van der Waals surface area contributed by atoms with Gasteiger partial charge in [-0.1, -0.05) is 30.7 Å². The van der Waals surface area contributed by atoms with E-state index in [1.807, 2.05) is 12.1 Å². The van der Waals surface area contributed by atoms with Gasteiger partial charge in [-0.3, -0.25) is 0 Å². The van der Waals surface area contributed by atoms with Gasteiger partial charge in [0.05, 0.1) is 6.61 Å². The highest BCUT2D eigenvalue weighted by molar-refractivity contribution is 6.30. The molecule has 1 aromatic rings. The summed E-state index contributed by atoms with van der Waals surface area (Å²) in [5.41, 5.74) is 1.35. The number of ether oxygens (including phenoxy) is 1. The minimum Gasteiger partial charge on any atom is -0.381 e. The Bertz CT molecular complexity index is 465. The first-order valence-corrected chi connectivity index (χ1v) is 9.44. The van der Waals surface area contributed by atoms with Crippen LogP contribution < -0.4 is 5.32 Å². The SMILES string of the molecule is CCC(NC1CCN(CC2CCOC2)CC1)c1ccc(Cl)cc1. The molecule has 2 fully saturated rings. The first kappa shape index (κ1) is 17.2. The summed E-state index contributed by atoms with van der Waals surface area (Å²) in [5.74, 6) is 0.761. The largest absolute Gasteiger partial charge is 0.381 e. The van der Waals surface area contributed by atoms with Gasteiger partial charge in [0.25, 0.3) is 0 Å². The smallest absolute Gasteiger partial charge is 0.0507 e. The molecule has 3 nitrogen and oxygen atoms in total. The topological polar surface area (TPSA) is 24.5 Å². The molecule has 0 radical (unpaired) electrons. The fourth-order valence-corrected chi connectivity index (χ4v) is 3.93. The molecule has 2 unspecified atom stereocenters. The molecule has 0 aromatic heterocycles. The van der Waals surface area contributed by atoms with Crippen LogP contribution in [0.15, 0.2) is 24.3 Å². The van der Waals surface area contributed by atoms with Crippen LogP contribution in [0.4, 0.5) is 0 Å². The highest BCUT2D eigenvalue weighted by Crippen LogP contribution is 2.23. The van der Waals surface area contributed by atoms with E-state index >= 15 is 0 Å². The lowest BCUT2D eigenvalue weighted by molar-refractivity contribution is 0.145. The number of benzene rings is 1. The maximum atomic E-state index is 6.00. The van der Waals surface area contributed by atoms with Crippen LogP contribution in [0.3, 0.4) is 0 Å². The van der Waals surface area contributed by atoms with Crippen molar-refractivity contribution in [2.45, 2.75) is 44.7 Å². The van der Waals surface area contributed by atoms with E-state index in [-0.39, 0.29) is 0 Å². The minimum atomic E-state index is 0.437. The van der Waals surface area contributed by atoms with Crippen molar-refractivity contribution < 1.29 is 4.74 Å². The van der Waals surface area contributed by atoms with Gasteiger partial charge in [-0.05, 0) is 62.4 Å². The van der Waals surface area contributed by atoms with Crippen molar-refractivity contribution in [2.24, 2.45) is 5.92 Å². The Labute approximate surface area is 145 Å². The van der Waals surface area contributed by atoms with Crippen LogP contribution >= 0.6 is 11.6 Å². The van der Waals surface area contributed by atoms with Crippen molar-refractivity contribution in [1.82, 2.24) is 10.2 Å². The summed E-state index contributed by atoms with van der Waals surface area (Å²) in [7, 11) is 0. The Morgan fingerprint density at radius 3 is 2.57 bits per heavy atom. The number of nitrogens with one attached hydrogen (secondary N) is 1. The van der Waals surface area contributed by atoms with Gasteiger partial charge in [0.15, 0.2) is 0 Å². The third-order valence-electron chi connectivity index (χ3n) is 5.25.